The van der Waals surface area contributed by atoms with E-state index in [9.17, 15) is 19.1 Å². The Morgan fingerprint density at radius 3 is 2.71 bits per heavy atom. The topological polar surface area (TPSA) is 95.3 Å². The van der Waals surface area contributed by atoms with Crippen LogP contribution in [0.25, 0.3) is 5.83 Å². The minimum absolute atomic E-state index is 0.182. The molecule has 0 spiro atoms. The van der Waals surface area contributed by atoms with E-state index >= 15 is 0 Å². The third kappa shape index (κ3) is 3.35. The first kappa shape index (κ1) is 16.6. The van der Waals surface area contributed by atoms with Crippen LogP contribution in [0.2, 0.25) is 0 Å². The molecule has 21 heavy (non-hydrogen) atoms. The summed E-state index contributed by atoms with van der Waals surface area (Å²) in [6.45, 7) is -0.255. The van der Waals surface area contributed by atoms with Crippen LogP contribution >= 0.6 is 35.0 Å². The number of aromatic amines is 1. The Labute approximate surface area is 132 Å². The molecule has 116 valence electrons. The molecule has 0 bridgehead atoms. The smallest absolute Gasteiger partial charge is 0.329 e. The molecule has 0 saturated carbocycles. The summed E-state index contributed by atoms with van der Waals surface area (Å²) < 4.78 is 14.1. The van der Waals surface area contributed by atoms with Gasteiger partial charge in [-0.2, -0.15) is 0 Å². The zero-order chi connectivity index (χ0) is 15.7. The number of nitrogens with one attached hydrogen (secondary N) is 1. The van der Waals surface area contributed by atoms with Crippen LogP contribution in [0.15, 0.2) is 20.3 Å². The van der Waals surface area contributed by atoms with Crippen molar-refractivity contribution < 1.29 is 14.6 Å². The molecule has 1 aromatic heterocycles. The van der Waals surface area contributed by atoms with Gasteiger partial charge in [-0.05, 0) is 0 Å². The van der Waals surface area contributed by atoms with Gasteiger partial charge in [0.2, 0.25) is 0 Å². The molecule has 10 heteroatoms. The van der Waals surface area contributed by atoms with Crippen molar-refractivity contribution in [3.8, 4) is 0 Å². The summed E-state index contributed by atoms with van der Waals surface area (Å²) in [6.07, 6.45) is 0.386. The van der Waals surface area contributed by atoms with E-state index in [4.69, 9.17) is 28.3 Å². The van der Waals surface area contributed by atoms with Crippen LogP contribution < -0.4 is 11.2 Å². The summed E-state index contributed by atoms with van der Waals surface area (Å²) in [5, 5.41) is 17.9. The quantitative estimate of drug-likeness (QED) is 0.749. The minimum atomic E-state index is -1.14. The SMILES string of the molecule is O=c1[nH]c(=O)n([C@H]2CC(O)C(CO)S2)cc1C(F)=C(Cl)Cl. The number of aromatic nitrogens is 2. The molecule has 2 unspecified atom stereocenters. The molecular weight excluding hydrogens is 346 g/mol. The van der Waals surface area contributed by atoms with Crippen LogP contribution in [0.1, 0.15) is 17.4 Å². The predicted molar refractivity (Wildman–Crippen MR) is 79.2 cm³/mol. The van der Waals surface area contributed by atoms with Crippen molar-refractivity contribution in [1.29, 1.82) is 0 Å². The number of nitrogens with zero attached hydrogens (tertiary/aromatic N) is 1. The fourth-order valence-electron chi connectivity index (χ4n) is 2.01. The van der Waals surface area contributed by atoms with Crippen molar-refractivity contribution in [3.05, 3.63) is 37.1 Å². The van der Waals surface area contributed by atoms with Crippen LogP contribution in [0.5, 0.6) is 0 Å². The second kappa shape index (κ2) is 6.53. The molecule has 1 aliphatic rings. The highest BCUT2D eigenvalue weighted by Crippen LogP contribution is 2.40. The lowest BCUT2D eigenvalue weighted by Crippen LogP contribution is -2.32. The maximum Gasteiger partial charge on any atom is 0.329 e. The summed E-state index contributed by atoms with van der Waals surface area (Å²) in [5.74, 6) is -1.14. The molecule has 1 aliphatic heterocycles. The first-order valence-corrected chi connectivity index (χ1v) is 7.56. The number of rotatable bonds is 3. The van der Waals surface area contributed by atoms with E-state index in [2.05, 4.69) is 0 Å². The van der Waals surface area contributed by atoms with Gasteiger partial charge in [0.25, 0.3) is 5.56 Å². The first-order chi connectivity index (χ1) is 9.85. The molecule has 0 radical (unpaired) electrons. The van der Waals surface area contributed by atoms with Gasteiger partial charge in [0.1, 0.15) is 4.49 Å². The van der Waals surface area contributed by atoms with E-state index in [0.717, 1.165) is 22.5 Å². The molecule has 0 aromatic carbocycles. The van der Waals surface area contributed by atoms with Gasteiger partial charge in [0.05, 0.1) is 28.9 Å². The van der Waals surface area contributed by atoms with Crippen LogP contribution in [0, 0.1) is 0 Å². The molecule has 1 saturated heterocycles. The average Bonchev–Trinajstić information content (AvgIpc) is 2.79. The van der Waals surface area contributed by atoms with E-state index in [0.29, 0.717) is 0 Å². The Morgan fingerprint density at radius 2 is 2.19 bits per heavy atom. The van der Waals surface area contributed by atoms with Gasteiger partial charge in [-0.15, -0.1) is 11.8 Å². The molecule has 0 amide bonds. The van der Waals surface area contributed by atoms with Crippen molar-refractivity contribution in [2.75, 3.05) is 6.61 Å². The highest BCUT2D eigenvalue weighted by Gasteiger charge is 2.35. The molecule has 0 aliphatic carbocycles. The third-order valence-corrected chi connectivity index (χ3v) is 4.94. The fraction of sp³-hybridized carbons (Fsp3) is 0.455. The van der Waals surface area contributed by atoms with Crippen LogP contribution in [-0.4, -0.2) is 37.7 Å². The second-order valence-corrected chi connectivity index (χ2v) is 6.77. The Balaban J connectivity index is 2.47. The van der Waals surface area contributed by atoms with Gasteiger partial charge in [0, 0.05) is 12.6 Å². The molecule has 3 atom stereocenters. The Bertz CT molecular complexity index is 686. The van der Waals surface area contributed by atoms with Gasteiger partial charge < -0.3 is 10.2 Å². The van der Waals surface area contributed by atoms with Gasteiger partial charge in [-0.1, -0.05) is 23.2 Å². The standard InChI is InChI=1S/C11H11Cl2FN2O4S/c12-9(13)8(14)4-2-16(11(20)15-10(4)19)7-1-5(18)6(3-17)21-7/h2,5-7,17-18H,1,3H2,(H,15,19,20)/t5?,6?,7-/m1/s1. The lowest BCUT2D eigenvalue weighted by atomic mass is 10.2. The number of halogens is 3. The van der Waals surface area contributed by atoms with Crippen LogP contribution in [0.4, 0.5) is 4.39 Å². The monoisotopic (exact) mass is 356 g/mol. The molecule has 3 N–H and O–H groups in total. The fourth-order valence-corrected chi connectivity index (χ4v) is 3.59. The number of hydrogen-bond acceptors (Lipinski definition) is 5. The normalized spacial score (nSPS) is 25.1. The second-order valence-electron chi connectivity index (χ2n) is 4.40. The van der Waals surface area contributed by atoms with Gasteiger partial charge in [-0.3, -0.25) is 14.3 Å². The number of hydrogen-bond donors (Lipinski definition) is 3. The van der Waals surface area contributed by atoms with Crippen molar-refractivity contribution in [3.63, 3.8) is 0 Å². The van der Waals surface area contributed by atoms with Crippen molar-refractivity contribution >= 4 is 40.8 Å². The Kier molecular flexibility index (Phi) is 5.15. The van der Waals surface area contributed by atoms with E-state index in [1.165, 1.54) is 0 Å². The highest BCUT2D eigenvalue weighted by molar-refractivity contribution is 8.00. The molecular formula is C11H11Cl2FN2O4S. The summed E-state index contributed by atoms with van der Waals surface area (Å²) in [4.78, 5) is 25.4. The Hall–Kier alpha value is -0.800. The number of aliphatic hydroxyl groups excluding tert-OH is 2. The van der Waals surface area contributed by atoms with E-state index in [-0.39, 0.29) is 13.0 Å². The predicted octanol–water partition coefficient (Wildman–Crippen LogP) is 0.967. The van der Waals surface area contributed by atoms with Crippen molar-refractivity contribution in [2.45, 2.75) is 23.1 Å². The Morgan fingerprint density at radius 1 is 1.52 bits per heavy atom. The molecule has 1 aromatic rings. The molecule has 1 fully saturated rings. The minimum Gasteiger partial charge on any atom is -0.395 e. The van der Waals surface area contributed by atoms with E-state index in [1.807, 2.05) is 4.98 Å². The summed E-state index contributed by atoms with van der Waals surface area (Å²) in [6, 6.07) is 0. The molecule has 2 heterocycles. The number of aliphatic hydroxyl groups is 2. The van der Waals surface area contributed by atoms with Crippen molar-refractivity contribution in [2.24, 2.45) is 0 Å². The van der Waals surface area contributed by atoms with Gasteiger partial charge in [-0.25, -0.2) is 9.18 Å². The van der Waals surface area contributed by atoms with Gasteiger partial charge >= 0.3 is 5.69 Å². The van der Waals surface area contributed by atoms with E-state index < -0.39 is 43.9 Å². The summed E-state index contributed by atoms with van der Waals surface area (Å²) in [5.41, 5.74) is -2.17. The van der Waals surface area contributed by atoms with Crippen molar-refractivity contribution in [1.82, 2.24) is 9.55 Å². The summed E-state index contributed by atoms with van der Waals surface area (Å²) >= 11 is 11.8. The number of thioether (sulfide) groups is 1. The van der Waals surface area contributed by atoms with Crippen LogP contribution in [0.3, 0.4) is 0 Å². The zero-order valence-electron chi connectivity index (χ0n) is 10.4. The maximum atomic E-state index is 13.7. The first-order valence-electron chi connectivity index (χ1n) is 5.86. The summed E-state index contributed by atoms with van der Waals surface area (Å²) in [7, 11) is 0. The lowest BCUT2D eigenvalue weighted by molar-refractivity contribution is 0.137. The lowest BCUT2D eigenvalue weighted by Gasteiger charge is -2.13. The maximum absolute atomic E-state index is 13.7. The number of H-pyrrole nitrogens is 1. The molecule has 2 rings (SSSR count). The highest BCUT2D eigenvalue weighted by atomic mass is 35.5. The largest absolute Gasteiger partial charge is 0.395 e. The van der Waals surface area contributed by atoms with Gasteiger partial charge in [0.15, 0.2) is 5.83 Å². The third-order valence-electron chi connectivity index (χ3n) is 3.06. The average molecular weight is 357 g/mol. The van der Waals surface area contributed by atoms with E-state index in [1.54, 1.807) is 0 Å². The molecule has 6 nitrogen and oxygen atoms in total. The zero-order valence-corrected chi connectivity index (χ0v) is 12.8. The van der Waals surface area contributed by atoms with Crippen LogP contribution in [-0.2, 0) is 0 Å².